The summed E-state index contributed by atoms with van der Waals surface area (Å²) >= 11 is 0. The summed E-state index contributed by atoms with van der Waals surface area (Å²) in [6, 6.07) is 3.92. The van der Waals surface area contributed by atoms with E-state index in [4.69, 9.17) is 5.73 Å². The molecule has 0 aromatic carbocycles. The molecule has 0 bridgehead atoms. The lowest BCUT2D eigenvalue weighted by Gasteiger charge is -2.26. The summed E-state index contributed by atoms with van der Waals surface area (Å²) in [7, 11) is 0. The Morgan fingerprint density at radius 1 is 1.21 bits per heavy atom. The van der Waals surface area contributed by atoms with Crippen LogP contribution in [0.4, 0.5) is 0 Å². The number of hydrogen-bond acceptors (Lipinski definition) is 3. The quantitative estimate of drug-likeness (QED) is 0.828. The molecule has 3 heteroatoms. The van der Waals surface area contributed by atoms with Crippen LogP contribution in [-0.4, -0.2) is 22.7 Å². The van der Waals surface area contributed by atoms with Gasteiger partial charge in [0.15, 0.2) is 0 Å². The van der Waals surface area contributed by atoms with Gasteiger partial charge >= 0.3 is 0 Å². The molecule has 0 amide bonds. The summed E-state index contributed by atoms with van der Waals surface area (Å²) in [5.74, 6) is 0.867. The molecular formula is C16H26N2O. The third-order valence-corrected chi connectivity index (χ3v) is 4.45. The van der Waals surface area contributed by atoms with Gasteiger partial charge in [0.1, 0.15) is 0 Å². The molecule has 1 heterocycles. The molecule has 0 spiro atoms. The Bertz CT molecular complexity index is 349. The van der Waals surface area contributed by atoms with Crippen LogP contribution < -0.4 is 5.73 Å². The first-order chi connectivity index (χ1) is 9.31. The van der Waals surface area contributed by atoms with Crippen molar-refractivity contribution in [2.75, 3.05) is 6.54 Å². The zero-order chi connectivity index (χ0) is 13.5. The number of nitrogens with two attached hydrogens (primary N) is 1. The van der Waals surface area contributed by atoms with Gasteiger partial charge < -0.3 is 10.8 Å². The maximum absolute atomic E-state index is 10.4. The fraction of sp³-hybridized carbons (Fsp3) is 0.688. The summed E-state index contributed by atoms with van der Waals surface area (Å²) in [4.78, 5) is 4.02. The van der Waals surface area contributed by atoms with Gasteiger partial charge in [-0.05, 0) is 36.5 Å². The van der Waals surface area contributed by atoms with Gasteiger partial charge in [-0.3, -0.25) is 4.98 Å². The van der Waals surface area contributed by atoms with Crippen molar-refractivity contribution in [3.05, 3.63) is 30.1 Å². The second-order valence-corrected chi connectivity index (χ2v) is 5.77. The van der Waals surface area contributed by atoms with E-state index in [2.05, 4.69) is 4.98 Å². The lowest BCUT2D eigenvalue weighted by atomic mass is 9.83. The van der Waals surface area contributed by atoms with Gasteiger partial charge in [-0.1, -0.05) is 32.1 Å². The van der Waals surface area contributed by atoms with E-state index in [0.29, 0.717) is 6.54 Å². The highest BCUT2D eigenvalue weighted by atomic mass is 16.3. The van der Waals surface area contributed by atoms with Crippen molar-refractivity contribution in [1.29, 1.82) is 0 Å². The van der Waals surface area contributed by atoms with Gasteiger partial charge in [-0.2, -0.15) is 0 Å². The van der Waals surface area contributed by atoms with E-state index in [1.165, 1.54) is 32.1 Å². The zero-order valence-corrected chi connectivity index (χ0v) is 11.7. The Labute approximate surface area is 116 Å². The van der Waals surface area contributed by atoms with Gasteiger partial charge in [-0.25, -0.2) is 0 Å². The Kier molecular flexibility index (Phi) is 5.80. The van der Waals surface area contributed by atoms with Crippen molar-refractivity contribution in [2.45, 2.75) is 57.0 Å². The van der Waals surface area contributed by atoms with Crippen molar-refractivity contribution in [3.63, 3.8) is 0 Å². The summed E-state index contributed by atoms with van der Waals surface area (Å²) in [6.45, 7) is 0.496. The van der Waals surface area contributed by atoms with Crippen LogP contribution in [0, 0.1) is 5.92 Å². The molecule has 1 aromatic rings. The van der Waals surface area contributed by atoms with Crippen LogP contribution >= 0.6 is 0 Å². The van der Waals surface area contributed by atoms with Crippen molar-refractivity contribution >= 4 is 0 Å². The minimum Gasteiger partial charge on any atom is -0.392 e. The zero-order valence-electron chi connectivity index (χ0n) is 11.7. The molecular weight excluding hydrogens is 236 g/mol. The van der Waals surface area contributed by atoms with Crippen molar-refractivity contribution in [2.24, 2.45) is 11.7 Å². The average Bonchev–Trinajstić information content (AvgIpc) is 2.48. The number of hydrogen-bond donors (Lipinski definition) is 2. The maximum Gasteiger partial charge on any atom is 0.0621 e. The van der Waals surface area contributed by atoms with Crippen molar-refractivity contribution in [1.82, 2.24) is 4.98 Å². The van der Waals surface area contributed by atoms with Crippen LogP contribution in [0.1, 0.15) is 56.4 Å². The highest BCUT2D eigenvalue weighted by Gasteiger charge is 2.21. The average molecular weight is 262 g/mol. The second-order valence-electron chi connectivity index (χ2n) is 5.77. The largest absolute Gasteiger partial charge is 0.392 e. The number of pyridine rings is 1. The molecule has 19 heavy (non-hydrogen) atoms. The monoisotopic (exact) mass is 262 g/mol. The van der Waals surface area contributed by atoms with Gasteiger partial charge in [0.05, 0.1) is 6.10 Å². The predicted molar refractivity (Wildman–Crippen MR) is 77.8 cm³/mol. The molecule has 0 aliphatic heterocycles. The van der Waals surface area contributed by atoms with Crippen molar-refractivity contribution in [3.8, 4) is 0 Å². The predicted octanol–water partition coefficient (Wildman–Crippen LogP) is 2.85. The van der Waals surface area contributed by atoms with E-state index < -0.39 is 0 Å². The van der Waals surface area contributed by atoms with E-state index in [9.17, 15) is 5.11 Å². The number of aromatic nitrogens is 1. The summed E-state index contributed by atoms with van der Waals surface area (Å²) in [5, 5.41) is 10.4. The maximum atomic E-state index is 10.4. The lowest BCUT2D eigenvalue weighted by molar-refractivity contribution is 0.123. The van der Waals surface area contributed by atoms with E-state index in [1.807, 2.05) is 12.1 Å². The second kappa shape index (κ2) is 7.61. The molecule has 2 atom stereocenters. The van der Waals surface area contributed by atoms with Crippen LogP contribution in [0.15, 0.2) is 24.5 Å². The summed E-state index contributed by atoms with van der Waals surface area (Å²) < 4.78 is 0. The minimum absolute atomic E-state index is 0.0478. The number of aliphatic hydroxyl groups excluding tert-OH is 1. The molecule has 2 rings (SSSR count). The first kappa shape index (κ1) is 14.5. The fourth-order valence-electron chi connectivity index (χ4n) is 3.21. The molecule has 0 radical (unpaired) electrons. The number of aliphatic hydroxyl groups is 1. The molecule has 1 aromatic heterocycles. The molecule has 106 valence electrons. The fourth-order valence-corrected chi connectivity index (χ4v) is 3.21. The topological polar surface area (TPSA) is 59.1 Å². The highest BCUT2D eigenvalue weighted by molar-refractivity contribution is 5.17. The van der Waals surface area contributed by atoms with Crippen LogP contribution in [-0.2, 0) is 0 Å². The van der Waals surface area contributed by atoms with Crippen LogP contribution in [0.2, 0.25) is 0 Å². The Morgan fingerprint density at radius 3 is 2.53 bits per heavy atom. The molecule has 2 unspecified atom stereocenters. The third-order valence-electron chi connectivity index (χ3n) is 4.45. The Hall–Kier alpha value is -0.930. The van der Waals surface area contributed by atoms with E-state index in [-0.39, 0.29) is 12.0 Å². The third kappa shape index (κ3) is 4.29. The molecule has 1 aliphatic rings. The SMILES string of the molecule is NCC(c1ccncc1)C(O)CCC1CCCCC1. The first-order valence-electron chi connectivity index (χ1n) is 7.59. The first-order valence-corrected chi connectivity index (χ1v) is 7.59. The molecule has 0 saturated heterocycles. The van der Waals surface area contributed by atoms with Gasteiger partial charge in [0, 0.05) is 24.9 Å². The number of nitrogens with zero attached hydrogens (tertiary/aromatic N) is 1. The van der Waals surface area contributed by atoms with E-state index in [0.717, 1.165) is 24.3 Å². The molecule has 3 nitrogen and oxygen atoms in total. The molecule has 3 N–H and O–H groups in total. The van der Waals surface area contributed by atoms with E-state index >= 15 is 0 Å². The van der Waals surface area contributed by atoms with Crippen molar-refractivity contribution < 1.29 is 5.11 Å². The Balaban J connectivity index is 1.84. The van der Waals surface area contributed by atoms with Gasteiger partial charge in [0.2, 0.25) is 0 Å². The Morgan fingerprint density at radius 2 is 1.89 bits per heavy atom. The minimum atomic E-state index is -0.325. The van der Waals surface area contributed by atoms with E-state index in [1.54, 1.807) is 12.4 Å². The summed E-state index contributed by atoms with van der Waals surface area (Å²) in [6.07, 6.45) is 12.0. The normalized spacial score (nSPS) is 20.1. The number of rotatable bonds is 6. The van der Waals surface area contributed by atoms with Crippen LogP contribution in [0.25, 0.3) is 0 Å². The lowest BCUT2D eigenvalue weighted by Crippen LogP contribution is -2.26. The standard InChI is InChI=1S/C16H26N2O/c17-12-15(14-8-10-18-11-9-14)16(19)7-6-13-4-2-1-3-5-13/h8-11,13,15-16,19H,1-7,12,17H2. The van der Waals surface area contributed by atoms with Gasteiger partial charge in [0.25, 0.3) is 0 Å². The smallest absolute Gasteiger partial charge is 0.0621 e. The van der Waals surface area contributed by atoms with Crippen LogP contribution in [0.3, 0.4) is 0 Å². The molecule has 1 fully saturated rings. The van der Waals surface area contributed by atoms with Crippen LogP contribution in [0.5, 0.6) is 0 Å². The summed E-state index contributed by atoms with van der Waals surface area (Å²) in [5.41, 5.74) is 6.94. The molecule has 1 aliphatic carbocycles. The highest BCUT2D eigenvalue weighted by Crippen LogP contribution is 2.30. The van der Waals surface area contributed by atoms with Gasteiger partial charge in [-0.15, -0.1) is 0 Å². The molecule has 1 saturated carbocycles.